The Balaban J connectivity index is 1.33. The van der Waals surface area contributed by atoms with Crippen LogP contribution in [0.25, 0.3) is 22.2 Å². The predicted octanol–water partition coefficient (Wildman–Crippen LogP) is 4.35. The number of aryl methyl sites for hydroxylation is 2. The van der Waals surface area contributed by atoms with Gasteiger partial charge in [-0.15, -0.1) is 0 Å². The number of benzene rings is 1. The number of aromatic nitrogens is 4. The van der Waals surface area contributed by atoms with Crippen LogP contribution in [0, 0.1) is 0 Å². The second-order valence-corrected chi connectivity index (χ2v) is 9.29. The highest BCUT2D eigenvalue weighted by molar-refractivity contribution is 5.82. The minimum atomic E-state index is -0.100. The lowest BCUT2D eigenvalue weighted by molar-refractivity contribution is -0.118. The number of fused-ring (bicyclic) bond motifs is 1. The maximum absolute atomic E-state index is 12.4. The Morgan fingerprint density at radius 2 is 1.88 bits per heavy atom. The maximum atomic E-state index is 12.4. The summed E-state index contributed by atoms with van der Waals surface area (Å²) in [5.74, 6) is 1.07. The van der Waals surface area contributed by atoms with E-state index in [0.717, 1.165) is 41.0 Å². The van der Waals surface area contributed by atoms with E-state index in [-0.39, 0.29) is 16.8 Å². The third-order valence-corrected chi connectivity index (χ3v) is 5.57. The van der Waals surface area contributed by atoms with Crippen LogP contribution in [0.2, 0.25) is 0 Å². The first-order chi connectivity index (χ1) is 15.2. The average molecular weight is 433 g/mol. The van der Waals surface area contributed by atoms with Gasteiger partial charge in [0.25, 0.3) is 5.56 Å². The molecule has 7 heteroatoms. The lowest BCUT2D eigenvalue weighted by Crippen LogP contribution is -2.11. The number of pyridine rings is 1. The van der Waals surface area contributed by atoms with Gasteiger partial charge >= 0.3 is 0 Å². The summed E-state index contributed by atoms with van der Waals surface area (Å²) in [5.41, 5.74) is 4.11. The minimum absolute atomic E-state index is 0.0636. The zero-order valence-electron chi connectivity index (χ0n) is 18.9. The number of hydrogen-bond donors (Lipinski definition) is 1. The van der Waals surface area contributed by atoms with Crippen LogP contribution in [-0.2, 0) is 30.1 Å². The summed E-state index contributed by atoms with van der Waals surface area (Å²) < 4.78 is 6.82. The van der Waals surface area contributed by atoms with E-state index in [9.17, 15) is 9.59 Å². The lowest BCUT2D eigenvalue weighted by Gasteiger charge is -2.12. The van der Waals surface area contributed by atoms with Gasteiger partial charge in [-0.05, 0) is 30.0 Å². The molecule has 0 saturated heterocycles. The molecule has 0 aliphatic rings. The molecule has 3 heterocycles. The van der Waals surface area contributed by atoms with Crippen LogP contribution in [0.5, 0.6) is 0 Å². The fourth-order valence-electron chi connectivity index (χ4n) is 3.65. The van der Waals surface area contributed by atoms with E-state index in [1.54, 1.807) is 13.2 Å². The number of H-pyrrole nitrogens is 1. The van der Waals surface area contributed by atoms with Crippen molar-refractivity contribution in [2.45, 2.75) is 51.9 Å². The molecule has 0 radical (unpaired) electrons. The monoisotopic (exact) mass is 432 g/mol. The largest absolute Gasteiger partial charge is 0.361 e. The Labute approximate surface area is 186 Å². The predicted molar refractivity (Wildman–Crippen MR) is 124 cm³/mol. The molecular formula is C25H28N4O3. The quantitative estimate of drug-likeness (QED) is 0.469. The molecule has 4 aromatic rings. The smallest absolute Gasteiger partial charge is 0.275 e. The third kappa shape index (κ3) is 4.72. The first-order valence-electron chi connectivity index (χ1n) is 10.8. The molecule has 7 nitrogen and oxygen atoms in total. The highest BCUT2D eigenvalue weighted by Gasteiger charge is 2.19. The molecule has 0 atom stereocenters. The first-order valence-corrected chi connectivity index (χ1v) is 10.8. The van der Waals surface area contributed by atoms with Gasteiger partial charge in [0.15, 0.2) is 5.65 Å². The number of carbonyl (C=O) groups excluding carboxylic acids is 1. The van der Waals surface area contributed by atoms with Gasteiger partial charge in [0, 0.05) is 43.1 Å². The van der Waals surface area contributed by atoms with Gasteiger partial charge in [-0.1, -0.05) is 50.2 Å². The Hall–Kier alpha value is -3.48. The van der Waals surface area contributed by atoms with Crippen LogP contribution in [0.1, 0.15) is 50.6 Å². The number of ketones is 1. The molecule has 0 fully saturated rings. The van der Waals surface area contributed by atoms with Gasteiger partial charge in [-0.3, -0.25) is 19.4 Å². The van der Waals surface area contributed by atoms with Gasteiger partial charge in [0.1, 0.15) is 11.5 Å². The number of rotatable bonds is 7. The fourth-order valence-corrected chi connectivity index (χ4v) is 3.65. The van der Waals surface area contributed by atoms with Crippen LogP contribution >= 0.6 is 0 Å². The molecule has 0 aliphatic heterocycles. The third-order valence-electron chi connectivity index (χ3n) is 5.57. The van der Waals surface area contributed by atoms with Gasteiger partial charge in [-0.2, -0.15) is 0 Å². The lowest BCUT2D eigenvalue weighted by atomic mass is 9.93. The van der Waals surface area contributed by atoms with E-state index >= 15 is 0 Å². The second kappa shape index (κ2) is 8.57. The van der Waals surface area contributed by atoms with Gasteiger partial charge in [0.05, 0.1) is 11.1 Å². The summed E-state index contributed by atoms with van der Waals surface area (Å²) in [7, 11) is 1.67. The number of aromatic amines is 1. The summed E-state index contributed by atoms with van der Waals surface area (Å²) >= 11 is 0. The van der Waals surface area contributed by atoms with Crippen molar-refractivity contribution in [3.63, 3.8) is 0 Å². The fraction of sp³-hybridized carbons (Fsp3) is 0.360. The molecule has 0 bridgehead atoms. The summed E-state index contributed by atoms with van der Waals surface area (Å²) in [5, 5.41) is 7.59. The number of nitrogens with zero attached hydrogens (tertiary/aromatic N) is 3. The molecule has 4 rings (SSSR count). The van der Waals surface area contributed by atoms with Crippen LogP contribution in [0.15, 0.2) is 51.9 Å². The van der Waals surface area contributed by atoms with E-state index in [2.05, 4.69) is 36.0 Å². The van der Waals surface area contributed by atoms with E-state index in [1.165, 1.54) is 4.68 Å². The molecule has 0 unspecified atom stereocenters. The average Bonchev–Trinajstić information content (AvgIpc) is 3.33. The van der Waals surface area contributed by atoms with Crippen molar-refractivity contribution in [2.24, 2.45) is 7.05 Å². The maximum Gasteiger partial charge on any atom is 0.275 e. The topological polar surface area (TPSA) is 93.8 Å². The normalized spacial score (nSPS) is 11.9. The molecule has 166 valence electrons. The molecular weight excluding hydrogens is 404 g/mol. The van der Waals surface area contributed by atoms with Crippen LogP contribution in [0.3, 0.4) is 0 Å². The van der Waals surface area contributed by atoms with E-state index in [4.69, 9.17) is 4.52 Å². The highest BCUT2D eigenvalue weighted by Crippen LogP contribution is 2.24. The van der Waals surface area contributed by atoms with Crippen LogP contribution in [-0.4, -0.2) is 25.7 Å². The molecule has 0 saturated carbocycles. The van der Waals surface area contributed by atoms with Crippen molar-refractivity contribution in [1.82, 2.24) is 19.9 Å². The Morgan fingerprint density at radius 3 is 2.56 bits per heavy atom. The zero-order valence-corrected chi connectivity index (χ0v) is 18.9. The number of hydrogen-bond acceptors (Lipinski definition) is 5. The Kier molecular flexibility index (Phi) is 5.82. The summed E-state index contributed by atoms with van der Waals surface area (Å²) in [6.07, 6.45) is 4.15. The van der Waals surface area contributed by atoms with Crippen molar-refractivity contribution < 1.29 is 9.32 Å². The number of nitrogens with one attached hydrogen (secondary N) is 1. The summed E-state index contributed by atoms with van der Waals surface area (Å²) in [4.78, 5) is 28.9. The molecule has 1 N–H and O–H groups in total. The van der Waals surface area contributed by atoms with Crippen molar-refractivity contribution in [3.05, 3.63) is 70.0 Å². The van der Waals surface area contributed by atoms with Gasteiger partial charge in [0.2, 0.25) is 0 Å². The van der Waals surface area contributed by atoms with Gasteiger partial charge in [-0.25, -0.2) is 4.98 Å². The standard InChI is InChI=1S/C25H28N4O3/c1-25(2,3)22-14-19(28-32-22)6-5-7-20(30)12-16-8-10-17(11-9-16)18-13-21-23(26-15-18)27-29(4)24(21)31/h8-11,13-15H,5-7,12H2,1-4H3,(H,26,27). The summed E-state index contributed by atoms with van der Waals surface area (Å²) in [6, 6.07) is 11.7. The van der Waals surface area contributed by atoms with Crippen molar-refractivity contribution in [2.75, 3.05) is 0 Å². The van der Waals surface area contributed by atoms with Crippen LogP contribution in [0.4, 0.5) is 0 Å². The van der Waals surface area contributed by atoms with Crippen LogP contribution < -0.4 is 5.56 Å². The molecule has 32 heavy (non-hydrogen) atoms. The van der Waals surface area contributed by atoms with E-state index < -0.39 is 0 Å². The zero-order chi connectivity index (χ0) is 22.9. The minimum Gasteiger partial charge on any atom is -0.361 e. The summed E-state index contributed by atoms with van der Waals surface area (Å²) in [6.45, 7) is 6.26. The first kappa shape index (κ1) is 21.7. The SMILES string of the molecule is Cn1[nH]c2ncc(-c3ccc(CC(=O)CCCc4cc(C(C)(C)C)on4)cc3)cc2c1=O. The van der Waals surface area contributed by atoms with Gasteiger partial charge < -0.3 is 4.52 Å². The molecule has 0 amide bonds. The van der Waals surface area contributed by atoms with Crippen molar-refractivity contribution in [1.29, 1.82) is 0 Å². The highest BCUT2D eigenvalue weighted by atomic mass is 16.5. The Bertz CT molecular complexity index is 1300. The molecule has 1 aromatic carbocycles. The second-order valence-electron chi connectivity index (χ2n) is 9.29. The van der Waals surface area contributed by atoms with Crippen molar-refractivity contribution in [3.8, 4) is 11.1 Å². The van der Waals surface area contributed by atoms with E-state index in [0.29, 0.717) is 23.9 Å². The molecule has 0 aliphatic carbocycles. The Morgan fingerprint density at radius 1 is 1.12 bits per heavy atom. The molecule has 0 spiro atoms. The molecule has 3 aromatic heterocycles. The number of carbonyl (C=O) groups is 1. The van der Waals surface area contributed by atoms with Crippen molar-refractivity contribution >= 4 is 16.8 Å². The van der Waals surface area contributed by atoms with E-state index in [1.807, 2.05) is 36.4 Å². The number of Topliss-reactive ketones (excluding diaryl/α,β-unsaturated/α-hetero) is 1.